The van der Waals surface area contributed by atoms with Crippen LogP contribution in [0.15, 0.2) is 0 Å². The van der Waals surface area contributed by atoms with Crippen LogP contribution in [0.1, 0.15) is 34.1 Å². The fraction of sp³-hybridized carbons (Fsp3) is 1.00. The fourth-order valence-electron chi connectivity index (χ4n) is 3.00. The number of hydrogen-bond donors (Lipinski definition) is 0. The van der Waals surface area contributed by atoms with Crippen LogP contribution in [0.25, 0.3) is 0 Å². The van der Waals surface area contributed by atoms with Crippen LogP contribution in [0.5, 0.6) is 0 Å². The zero-order valence-electron chi connectivity index (χ0n) is 9.71. The number of rotatable bonds is 3. The lowest BCUT2D eigenvalue weighted by molar-refractivity contribution is 0.313. The van der Waals surface area contributed by atoms with Gasteiger partial charge in [-0.1, -0.05) is 27.7 Å². The fourth-order valence-corrected chi connectivity index (χ4v) is 3.50. The third-order valence-electron chi connectivity index (χ3n) is 4.49. The summed E-state index contributed by atoms with van der Waals surface area (Å²) in [5.41, 5.74) is 0. The molecule has 1 fully saturated rings. The molecule has 0 nitrogen and oxygen atoms in total. The van der Waals surface area contributed by atoms with E-state index in [1.54, 1.807) is 0 Å². The highest BCUT2D eigenvalue weighted by atomic mass is 32.2. The highest BCUT2D eigenvalue weighted by Crippen LogP contribution is 2.46. The molecule has 1 heteroatoms. The first-order valence-corrected chi connectivity index (χ1v) is 6.98. The smallest absolute Gasteiger partial charge is 0.00675 e. The molecule has 0 bridgehead atoms. The van der Waals surface area contributed by atoms with E-state index >= 15 is 0 Å². The quantitative estimate of drug-likeness (QED) is 0.665. The summed E-state index contributed by atoms with van der Waals surface area (Å²) in [6.07, 6.45) is 3.65. The molecular weight excluding hydrogens is 176 g/mol. The average molecular weight is 200 g/mol. The minimum atomic E-state index is 0.932. The van der Waals surface area contributed by atoms with Crippen molar-refractivity contribution in [1.29, 1.82) is 0 Å². The topological polar surface area (TPSA) is 0 Å². The molecule has 1 rings (SSSR count). The Morgan fingerprint density at radius 1 is 0.846 bits per heavy atom. The summed E-state index contributed by atoms with van der Waals surface area (Å²) in [7, 11) is 0. The van der Waals surface area contributed by atoms with Crippen molar-refractivity contribution in [3.8, 4) is 0 Å². The molecule has 1 saturated carbocycles. The van der Waals surface area contributed by atoms with E-state index in [2.05, 4.69) is 34.0 Å². The summed E-state index contributed by atoms with van der Waals surface area (Å²) in [4.78, 5) is 0. The zero-order chi connectivity index (χ0) is 10.0. The van der Waals surface area contributed by atoms with Gasteiger partial charge in [0, 0.05) is 0 Å². The molecule has 0 N–H and O–H groups in total. The molecule has 0 aromatic heterocycles. The van der Waals surface area contributed by atoms with Gasteiger partial charge >= 0.3 is 0 Å². The van der Waals surface area contributed by atoms with Crippen LogP contribution in [0.2, 0.25) is 0 Å². The third kappa shape index (κ3) is 2.23. The Labute approximate surface area is 87.9 Å². The van der Waals surface area contributed by atoms with Crippen LogP contribution < -0.4 is 0 Å². The average Bonchev–Trinajstić information content (AvgIpc) is 2.30. The molecule has 4 atom stereocenters. The van der Waals surface area contributed by atoms with E-state index in [0.29, 0.717) is 0 Å². The molecule has 0 saturated heterocycles. The molecule has 0 radical (unpaired) electrons. The van der Waals surface area contributed by atoms with Crippen molar-refractivity contribution >= 4 is 11.8 Å². The maximum absolute atomic E-state index is 2.45. The maximum Gasteiger partial charge on any atom is -0.00675 e. The Bertz CT molecular complexity index is 141. The molecule has 0 aromatic carbocycles. The lowest BCUT2D eigenvalue weighted by Crippen LogP contribution is -2.13. The molecule has 4 unspecified atom stereocenters. The highest BCUT2D eigenvalue weighted by molar-refractivity contribution is 7.98. The monoisotopic (exact) mass is 200 g/mol. The van der Waals surface area contributed by atoms with Gasteiger partial charge in [-0.2, -0.15) is 11.8 Å². The van der Waals surface area contributed by atoms with E-state index in [1.165, 1.54) is 12.2 Å². The van der Waals surface area contributed by atoms with Crippen LogP contribution in [-0.4, -0.2) is 12.0 Å². The van der Waals surface area contributed by atoms with E-state index in [4.69, 9.17) is 0 Å². The summed E-state index contributed by atoms with van der Waals surface area (Å²) in [5, 5.41) is 0. The van der Waals surface area contributed by atoms with Crippen LogP contribution in [0, 0.1) is 29.6 Å². The van der Waals surface area contributed by atoms with Gasteiger partial charge in [0.15, 0.2) is 0 Å². The first-order chi connectivity index (χ1) is 6.09. The minimum absolute atomic E-state index is 0.932. The molecule has 1 aliphatic rings. The van der Waals surface area contributed by atoms with Crippen molar-refractivity contribution in [2.24, 2.45) is 29.6 Å². The van der Waals surface area contributed by atoms with Crippen LogP contribution >= 0.6 is 11.8 Å². The maximum atomic E-state index is 2.45. The number of thioether (sulfide) groups is 1. The van der Waals surface area contributed by atoms with Crippen molar-refractivity contribution < 1.29 is 0 Å². The van der Waals surface area contributed by atoms with Crippen molar-refractivity contribution in [1.82, 2.24) is 0 Å². The summed E-state index contributed by atoms with van der Waals surface area (Å²) in [5.74, 6) is 6.08. The summed E-state index contributed by atoms with van der Waals surface area (Å²) < 4.78 is 0. The molecule has 0 spiro atoms. The Kier molecular flexibility index (Phi) is 4.15. The molecule has 13 heavy (non-hydrogen) atoms. The third-order valence-corrected chi connectivity index (χ3v) is 5.14. The summed E-state index contributed by atoms with van der Waals surface area (Å²) >= 11 is 2.00. The lowest BCUT2D eigenvalue weighted by Gasteiger charge is -2.20. The Balaban J connectivity index is 2.53. The van der Waals surface area contributed by atoms with Gasteiger partial charge < -0.3 is 0 Å². The molecule has 0 amide bonds. The van der Waals surface area contributed by atoms with Crippen molar-refractivity contribution in [2.45, 2.75) is 34.1 Å². The van der Waals surface area contributed by atoms with Crippen LogP contribution in [0.3, 0.4) is 0 Å². The van der Waals surface area contributed by atoms with Gasteiger partial charge in [-0.3, -0.25) is 0 Å². The van der Waals surface area contributed by atoms with E-state index in [1.807, 2.05) is 11.8 Å². The largest absolute Gasteiger partial charge is 0.165 e. The van der Waals surface area contributed by atoms with E-state index < -0.39 is 0 Å². The van der Waals surface area contributed by atoms with E-state index in [-0.39, 0.29) is 0 Å². The second-order valence-electron chi connectivity index (χ2n) is 4.88. The molecule has 0 aliphatic heterocycles. The number of hydrogen-bond acceptors (Lipinski definition) is 1. The van der Waals surface area contributed by atoms with Gasteiger partial charge in [0.25, 0.3) is 0 Å². The minimum Gasteiger partial charge on any atom is -0.165 e. The van der Waals surface area contributed by atoms with Gasteiger partial charge in [0.05, 0.1) is 0 Å². The van der Waals surface area contributed by atoms with Gasteiger partial charge in [-0.05, 0) is 48.0 Å². The Morgan fingerprint density at radius 2 is 1.31 bits per heavy atom. The first kappa shape index (κ1) is 11.4. The SMILES string of the molecule is CSCCC1C(C)C(C)C(C)C1C. The summed E-state index contributed by atoms with van der Waals surface area (Å²) in [6.45, 7) is 9.78. The second-order valence-corrected chi connectivity index (χ2v) is 5.87. The van der Waals surface area contributed by atoms with Gasteiger partial charge in [-0.25, -0.2) is 0 Å². The normalized spacial score (nSPS) is 45.5. The van der Waals surface area contributed by atoms with Gasteiger partial charge in [0.2, 0.25) is 0 Å². The Morgan fingerprint density at radius 3 is 1.69 bits per heavy atom. The molecule has 1 aliphatic carbocycles. The van der Waals surface area contributed by atoms with Crippen molar-refractivity contribution in [3.63, 3.8) is 0 Å². The predicted octanol–water partition coefficient (Wildman–Crippen LogP) is 3.91. The van der Waals surface area contributed by atoms with Gasteiger partial charge in [-0.15, -0.1) is 0 Å². The first-order valence-electron chi connectivity index (χ1n) is 5.58. The zero-order valence-corrected chi connectivity index (χ0v) is 10.5. The standard InChI is InChI=1S/C12H24S/c1-8-9(2)11(4)12(10(8)3)6-7-13-5/h8-12H,6-7H2,1-5H3. The highest BCUT2D eigenvalue weighted by Gasteiger charge is 2.40. The van der Waals surface area contributed by atoms with Crippen molar-refractivity contribution in [3.05, 3.63) is 0 Å². The van der Waals surface area contributed by atoms with Crippen LogP contribution in [0.4, 0.5) is 0 Å². The molecule has 0 heterocycles. The Hall–Kier alpha value is 0.350. The van der Waals surface area contributed by atoms with E-state index in [0.717, 1.165) is 29.6 Å². The lowest BCUT2D eigenvalue weighted by atomic mass is 9.87. The molecule has 0 aromatic rings. The van der Waals surface area contributed by atoms with E-state index in [9.17, 15) is 0 Å². The predicted molar refractivity (Wildman–Crippen MR) is 63.1 cm³/mol. The summed E-state index contributed by atoms with van der Waals surface area (Å²) in [6, 6.07) is 0. The van der Waals surface area contributed by atoms with Crippen LogP contribution in [-0.2, 0) is 0 Å². The molecule has 78 valence electrons. The van der Waals surface area contributed by atoms with Crippen molar-refractivity contribution in [2.75, 3.05) is 12.0 Å². The molecular formula is C12H24S. The second kappa shape index (κ2) is 4.72. The van der Waals surface area contributed by atoms with Gasteiger partial charge in [0.1, 0.15) is 0 Å².